The molecule has 1 aromatic heterocycles. The van der Waals surface area contributed by atoms with E-state index in [1.807, 2.05) is 0 Å². The number of hydrogen-bond acceptors (Lipinski definition) is 4. The number of nitrogens with one attached hydrogen (secondary N) is 1. The van der Waals surface area contributed by atoms with E-state index in [2.05, 4.69) is 5.32 Å². The summed E-state index contributed by atoms with van der Waals surface area (Å²) in [7, 11) is 0. The van der Waals surface area contributed by atoms with Crippen LogP contribution in [0.2, 0.25) is 0 Å². The van der Waals surface area contributed by atoms with Crippen LogP contribution in [0.5, 0.6) is 0 Å². The normalized spacial score (nSPS) is 23.2. The Labute approximate surface area is 128 Å². The summed E-state index contributed by atoms with van der Waals surface area (Å²) in [5.41, 5.74) is 0. The van der Waals surface area contributed by atoms with Crippen LogP contribution in [0.1, 0.15) is 42.7 Å². The summed E-state index contributed by atoms with van der Waals surface area (Å²) in [6, 6.07) is 3.22. The van der Waals surface area contributed by atoms with Gasteiger partial charge in [-0.3, -0.25) is 9.59 Å². The van der Waals surface area contributed by atoms with Crippen LogP contribution in [0.25, 0.3) is 0 Å². The molecule has 1 saturated heterocycles. The van der Waals surface area contributed by atoms with Crippen molar-refractivity contribution >= 4 is 23.6 Å². The molecule has 6 heteroatoms. The first kappa shape index (κ1) is 14.5. The minimum atomic E-state index is -0.380. The maximum absolute atomic E-state index is 12.4. The summed E-state index contributed by atoms with van der Waals surface area (Å²) < 4.78 is 5.15. The summed E-state index contributed by atoms with van der Waals surface area (Å²) >= 11 is 1.61. The third-order valence-electron chi connectivity index (χ3n) is 4.13. The average molecular weight is 308 g/mol. The second-order valence-electron chi connectivity index (χ2n) is 5.61. The molecule has 0 spiro atoms. The number of furan rings is 1. The number of rotatable bonds is 3. The van der Waals surface area contributed by atoms with E-state index in [4.69, 9.17) is 4.42 Å². The third-order valence-corrected chi connectivity index (χ3v) is 5.14. The monoisotopic (exact) mass is 308 g/mol. The highest BCUT2D eigenvalue weighted by Gasteiger charge is 2.36. The first-order chi connectivity index (χ1) is 10.3. The zero-order chi connectivity index (χ0) is 14.7. The minimum Gasteiger partial charge on any atom is -0.459 e. The first-order valence-electron chi connectivity index (χ1n) is 7.48. The fourth-order valence-electron chi connectivity index (χ4n) is 2.95. The van der Waals surface area contributed by atoms with E-state index in [1.165, 1.54) is 25.5 Å². The molecule has 0 bridgehead atoms. The molecule has 0 aromatic carbocycles. The molecule has 1 aliphatic heterocycles. The molecule has 2 amide bonds. The molecule has 5 nitrogen and oxygen atoms in total. The average Bonchev–Trinajstić information content (AvgIpc) is 3.19. The Kier molecular flexibility index (Phi) is 4.53. The molecule has 114 valence electrons. The van der Waals surface area contributed by atoms with Crippen molar-refractivity contribution in [2.24, 2.45) is 0 Å². The predicted molar refractivity (Wildman–Crippen MR) is 81.0 cm³/mol. The van der Waals surface area contributed by atoms with Crippen LogP contribution in [0.4, 0.5) is 0 Å². The fourth-order valence-corrected chi connectivity index (χ4v) is 4.10. The van der Waals surface area contributed by atoms with Gasteiger partial charge in [0, 0.05) is 11.8 Å². The van der Waals surface area contributed by atoms with Gasteiger partial charge in [-0.15, -0.1) is 11.8 Å². The van der Waals surface area contributed by atoms with Crippen LogP contribution in [-0.4, -0.2) is 40.4 Å². The Bertz CT molecular complexity index is 497. The molecule has 1 atom stereocenters. The van der Waals surface area contributed by atoms with E-state index in [1.54, 1.807) is 28.8 Å². The van der Waals surface area contributed by atoms with Crippen LogP contribution in [0.3, 0.4) is 0 Å². The van der Waals surface area contributed by atoms with Crippen LogP contribution >= 0.6 is 11.8 Å². The van der Waals surface area contributed by atoms with Gasteiger partial charge in [0.2, 0.25) is 5.91 Å². The number of nitrogens with zero attached hydrogens (tertiary/aromatic N) is 1. The Hall–Kier alpha value is -1.43. The van der Waals surface area contributed by atoms with Crippen molar-refractivity contribution in [2.45, 2.75) is 44.2 Å². The van der Waals surface area contributed by atoms with Crippen LogP contribution < -0.4 is 5.32 Å². The number of carbonyl (C=O) groups is 2. The highest BCUT2D eigenvalue weighted by atomic mass is 32.2. The lowest BCUT2D eigenvalue weighted by atomic mass is 9.95. The molecule has 1 N–H and O–H groups in total. The van der Waals surface area contributed by atoms with E-state index in [9.17, 15) is 9.59 Å². The Morgan fingerprint density at radius 1 is 1.29 bits per heavy atom. The Morgan fingerprint density at radius 2 is 2.10 bits per heavy atom. The number of thioether (sulfide) groups is 1. The van der Waals surface area contributed by atoms with E-state index in [-0.39, 0.29) is 23.9 Å². The second kappa shape index (κ2) is 6.56. The predicted octanol–water partition coefficient (Wildman–Crippen LogP) is 2.24. The lowest BCUT2D eigenvalue weighted by Crippen LogP contribution is -2.50. The number of amides is 2. The number of hydrogen-bond donors (Lipinski definition) is 1. The van der Waals surface area contributed by atoms with Gasteiger partial charge < -0.3 is 14.6 Å². The van der Waals surface area contributed by atoms with Crippen molar-refractivity contribution in [3.8, 4) is 0 Å². The summed E-state index contributed by atoms with van der Waals surface area (Å²) in [6.07, 6.45) is 7.20. The molecule has 21 heavy (non-hydrogen) atoms. The molecule has 0 radical (unpaired) electrons. The lowest BCUT2D eigenvalue weighted by Gasteiger charge is -2.27. The quantitative estimate of drug-likeness (QED) is 0.930. The molecule has 3 rings (SSSR count). The van der Waals surface area contributed by atoms with E-state index >= 15 is 0 Å². The smallest absolute Gasteiger partial charge is 0.290 e. The largest absolute Gasteiger partial charge is 0.459 e. The lowest BCUT2D eigenvalue weighted by molar-refractivity contribution is -0.125. The zero-order valence-corrected chi connectivity index (χ0v) is 12.7. The number of carbonyl (C=O) groups excluding carboxylic acids is 2. The van der Waals surface area contributed by atoms with Gasteiger partial charge in [-0.2, -0.15) is 0 Å². The Morgan fingerprint density at radius 3 is 2.81 bits per heavy atom. The van der Waals surface area contributed by atoms with Crippen molar-refractivity contribution in [1.82, 2.24) is 10.2 Å². The van der Waals surface area contributed by atoms with Gasteiger partial charge in [-0.05, 0) is 25.0 Å². The second-order valence-corrected chi connectivity index (χ2v) is 6.61. The van der Waals surface area contributed by atoms with Crippen LogP contribution in [0, 0.1) is 0 Å². The van der Waals surface area contributed by atoms with Gasteiger partial charge in [0.1, 0.15) is 6.04 Å². The third kappa shape index (κ3) is 3.26. The van der Waals surface area contributed by atoms with Crippen molar-refractivity contribution in [2.75, 3.05) is 11.6 Å². The van der Waals surface area contributed by atoms with Crippen molar-refractivity contribution in [3.05, 3.63) is 24.2 Å². The summed E-state index contributed by atoms with van der Waals surface area (Å²) in [5.74, 6) is 1.28. The van der Waals surface area contributed by atoms with Gasteiger partial charge in [-0.1, -0.05) is 19.3 Å². The Balaban J connectivity index is 1.63. The minimum absolute atomic E-state index is 0.0215. The summed E-state index contributed by atoms with van der Waals surface area (Å²) in [6.45, 7) is 0. The molecule has 2 fully saturated rings. The van der Waals surface area contributed by atoms with Crippen molar-refractivity contribution < 1.29 is 14.0 Å². The topological polar surface area (TPSA) is 62.6 Å². The standard InChI is InChI=1S/C15H20N2O3S/c18-14(16-11-5-2-1-3-6-11)12-9-21-10-17(12)15(19)13-7-4-8-20-13/h4,7-8,11-12H,1-3,5-6,9-10H2,(H,16,18). The molecule has 1 aliphatic carbocycles. The van der Waals surface area contributed by atoms with E-state index in [0.717, 1.165) is 12.8 Å². The molecule has 2 heterocycles. The fraction of sp³-hybridized carbons (Fsp3) is 0.600. The first-order valence-corrected chi connectivity index (χ1v) is 8.64. The van der Waals surface area contributed by atoms with Gasteiger partial charge in [0.25, 0.3) is 5.91 Å². The SMILES string of the molecule is O=C(NC1CCCCC1)C1CSCN1C(=O)c1ccco1. The molecule has 2 aliphatic rings. The van der Waals surface area contributed by atoms with E-state index in [0.29, 0.717) is 17.4 Å². The molecular formula is C15H20N2O3S. The zero-order valence-electron chi connectivity index (χ0n) is 11.9. The molecule has 1 aromatic rings. The van der Waals surface area contributed by atoms with E-state index < -0.39 is 0 Å². The van der Waals surface area contributed by atoms with Gasteiger partial charge in [0.05, 0.1) is 12.1 Å². The van der Waals surface area contributed by atoms with Crippen molar-refractivity contribution in [3.63, 3.8) is 0 Å². The van der Waals surface area contributed by atoms with Crippen LogP contribution in [0.15, 0.2) is 22.8 Å². The molecule has 1 unspecified atom stereocenters. The maximum atomic E-state index is 12.4. The highest BCUT2D eigenvalue weighted by Crippen LogP contribution is 2.24. The van der Waals surface area contributed by atoms with Crippen molar-refractivity contribution in [1.29, 1.82) is 0 Å². The van der Waals surface area contributed by atoms with Gasteiger partial charge in [-0.25, -0.2) is 0 Å². The molecule has 1 saturated carbocycles. The maximum Gasteiger partial charge on any atom is 0.290 e. The highest BCUT2D eigenvalue weighted by molar-refractivity contribution is 7.99. The van der Waals surface area contributed by atoms with Crippen LogP contribution in [-0.2, 0) is 4.79 Å². The van der Waals surface area contributed by atoms with Gasteiger partial charge >= 0.3 is 0 Å². The summed E-state index contributed by atoms with van der Waals surface area (Å²) in [4.78, 5) is 26.4. The summed E-state index contributed by atoms with van der Waals surface area (Å²) in [5, 5.41) is 3.11. The molecular weight excluding hydrogens is 288 g/mol. The van der Waals surface area contributed by atoms with Gasteiger partial charge in [0.15, 0.2) is 5.76 Å².